The van der Waals surface area contributed by atoms with E-state index in [1.807, 2.05) is 12.1 Å². The van der Waals surface area contributed by atoms with Crippen LogP contribution in [0.5, 0.6) is 0 Å². The van der Waals surface area contributed by atoms with Gasteiger partial charge < -0.3 is 9.40 Å². The van der Waals surface area contributed by atoms with Gasteiger partial charge in [-0.15, -0.1) is 0 Å². The number of aromatic nitrogens is 2. The average Bonchev–Trinajstić information content (AvgIpc) is 2.66. The lowest BCUT2D eigenvalue weighted by atomic mass is 10.2. The van der Waals surface area contributed by atoms with E-state index >= 15 is 0 Å². The number of nitrogens with one attached hydrogen (secondary N) is 1. The van der Waals surface area contributed by atoms with Crippen molar-refractivity contribution in [1.29, 1.82) is 0 Å². The second-order valence-corrected chi connectivity index (χ2v) is 3.02. The third-order valence-corrected chi connectivity index (χ3v) is 2.21. The molecule has 0 aliphatic rings. The number of rotatable bonds is 0. The summed E-state index contributed by atoms with van der Waals surface area (Å²) >= 11 is 0. The van der Waals surface area contributed by atoms with Gasteiger partial charge in [0, 0.05) is 5.39 Å². The van der Waals surface area contributed by atoms with Gasteiger partial charge in [0.25, 0.3) is 0 Å². The molecule has 68 valence electrons. The maximum atomic E-state index is 11.5. The van der Waals surface area contributed by atoms with Crippen LogP contribution in [0.3, 0.4) is 0 Å². The van der Waals surface area contributed by atoms with E-state index in [-0.39, 0.29) is 5.63 Å². The van der Waals surface area contributed by atoms with E-state index in [1.54, 1.807) is 12.1 Å². The maximum Gasteiger partial charge on any atom is 0.345 e. The second kappa shape index (κ2) is 2.45. The van der Waals surface area contributed by atoms with Gasteiger partial charge in [0.05, 0.1) is 11.7 Å². The molecule has 2 aromatic heterocycles. The SMILES string of the molecule is O=c1oc2nc[nH]c2c2ccccc12. The summed E-state index contributed by atoms with van der Waals surface area (Å²) in [6.45, 7) is 0. The Morgan fingerprint density at radius 2 is 2.00 bits per heavy atom. The van der Waals surface area contributed by atoms with Crippen molar-refractivity contribution in [3.8, 4) is 0 Å². The molecule has 0 saturated heterocycles. The van der Waals surface area contributed by atoms with E-state index in [9.17, 15) is 4.79 Å². The molecule has 1 N–H and O–H groups in total. The monoisotopic (exact) mass is 186 g/mol. The topological polar surface area (TPSA) is 58.9 Å². The minimum Gasteiger partial charge on any atom is -0.401 e. The standard InChI is InChI=1S/C10H6N2O2/c13-10-7-4-2-1-3-6(7)8-9(14-10)12-5-11-8/h1-5H,(H,11,12). The van der Waals surface area contributed by atoms with Crippen LogP contribution < -0.4 is 5.63 Å². The molecular weight excluding hydrogens is 180 g/mol. The van der Waals surface area contributed by atoms with Gasteiger partial charge in [0.1, 0.15) is 5.52 Å². The molecule has 0 saturated carbocycles. The smallest absolute Gasteiger partial charge is 0.345 e. The molecule has 14 heavy (non-hydrogen) atoms. The van der Waals surface area contributed by atoms with Crippen molar-refractivity contribution in [2.75, 3.05) is 0 Å². The molecule has 0 atom stereocenters. The molecular formula is C10H6N2O2. The van der Waals surface area contributed by atoms with Crippen LogP contribution in [0.4, 0.5) is 0 Å². The average molecular weight is 186 g/mol. The summed E-state index contributed by atoms with van der Waals surface area (Å²) in [5.74, 6) is 0. The Labute approximate surface area is 78.2 Å². The molecule has 4 heteroatoms. The Morgan fingerprint density at radius 3 is 2.86 bits per heavy atom. The summed E-state index contributed by atoms with van der Waals surface area (Å²) in [5.41, 5.74) is 0.772. The molecule has 4 nitrogen and oxygen atoms in total. The van der Waals surface area contributed by atoms with Crippen LogP contribution in [0.2, 0.25) is 0 Å². The van der Waals surface area contributed by atoms with E-state index in [2.05, 4.69) is 9.97 Å². The van der Waals surface area contributed by atoms with Gasteiger partial charge in [0.2, 0.25) is 5.71 Å². The Kier molecular flexibility index (Phi) is 1.28. The highest BCUT2D eigenvalue weighted by Gasteiger charge is 2.07. The van der Waals surface area contributed by atoms with Crippen molar-refractivity contribution in [2.24, 2.45) is 0 Å². The second-order valence-electron chi connectivity index (χ2n) is 3.02. The molecule has 0 aliphatic heterocycles. The van der Waals surface area contributed by atoms with Crippen molar-refractivity contribution in [3.05, 3.63) is 41.0 Å². The molecule has 3 rings (SSSR count). The van der Waals surface area contributed by atoms with Gasteiger partial charge in [-0.25, -0.2) is 9.78 Å². The Bertz CT molecular complexity index is 666. The molecule has 0 aliphatic carbocycles. The van der Waals surface area contributed by atoms with E-state index in [0.717, 1.165) is 10.9 Å². The first-order valence-electron chi connectivity index (χ1n) is 4.21. The normalized spacial score (nSPS) is 11.1. The molecule has 3 aromatic rings. The first-order valence-corrected chi connectivity index (χ1v) is 4.21. The van der Waals surface area contributed by atoms with Gasteiger partial charge in [0.15, 0.2) is 0 Å². The first kappa shape index (κ1) is 7.32. The zero-order valence-corrected chi connectivity index (χ0v) is 7.15. The lowest BCUT2D eigenvalue weighted by molar-refractivity contribution is 0.559. The van der Waals surface area contributed by atoms with Crippen molar-refractivity contribution >= 4 is 22.0 Å². The van der Waals surface area contributed by atoms with Crippen molar-refractivity contribution < 1.29 is 4.42 Å². The fourth-order valence-corrected chi connectivity index (χ4v) is 1.57. The van der Waals surface area contributed by atoms with E-state index < -0.39 is 0 Å². The minimum atomic E-state index is -0.347. The number of hydrogen-bond donors (Lipinski definition) is 1. The third kappa shape index (κ3) is 0.821. The predicted octanol–water partition coefficient (Wildman–Crippen LogP) is 1.67. The molecule has 0 unspecified atom stereocenters. The van der Waals surface area contributed by atoms with Crippen LogP contribution in [0.1, 0.15) is 0 Å². The number of nitrogens with zero attached hydrogens (tertiary/aromatic N) is 1. The van der Waals surface area contributed by atoms with Crippen LogP contribution >= 0.6 is 0 Å². The van der Waals surface area contributed by atoms with Crippen molar-refractivity contribution in [2.45, 2.75) is 0 Å². The molecule has 0 amide bonds. The van der Waals surface area contributed by atoms with Gasteiger partial charge in [-0.1, -0.05) is 18.2 Å². The number of benzene rings is 1. The summed E-state index contributed by atoms with van der Waals surface area (Å²) in [6.07, 6.45) is 1.51. The van der Waals surface area contributed by atoms with Crippen molar-refractivity contribution in [3.63, 3.8) is 0 Å². The van der Waals surface area contributed by atoms with E-state index in [0.29, 0.717) is 11.1 Å². The van der Waals surface area contributed by atoms with Crippen LogP contribution in [0, 0.1) is 0 Å². The summed E-state index contributed by atoms with van der Waals surface area (Å²) in [6, 6.07) is 7.29. The molecule has 0 radical (unpaired) electrons. The van der Waals surface area contributed by atoms with Crippen LogP contribution in [-0.4, -0.2) is 9.97 Å². The zero-order chi connectivity index (χ0) is 9.54. The molecule has 2 heterocycles. The van der Waals surface area contributed by atoms with Gasteiger partial charge in [-0.3, -0.25) is 0 Å². The van der Waals surface area contributed by atoms with Gasteiger partial charge in [-0.05, 0) is 6.07 Å². The first-order chi connectivity index (χ1) is 6.86. The fourth-order valence-electron chi connectivity index (χ4n) is 1.57. The molecule has 1 aromatic carbocycles. The largest absolute Gasteiger partial charge is 0.401 e. The lowest BCUT2D eigenvalue weighted by Gasteiger charge is -1.95. The number of aromatic amines is 1. The summed E-state index contributed by atoms with van der Waals surface area (Å²) in [7, 11) is 0. The van der Waals surface area contributed by atoms with E-state index in [4.69, 9.17) is 4.42 Å². The highest BCUT2D eigenvalue weighted by Crippen LogP contribution is 2.18. The highest BCUT2D eigenvalue weighted by atomic mass is 16.4. The number of H-pyrrole nitrogens is 1. The fraction of sp³-hybridized carbons (Fsp3) is 0. The third-order valence-electron chi connectivity index (χ3n) is 2.21. The summed E-state index contributed by atoms with van der Waals surface area (Å²) in [5, 5.41) is 1.42. The number of imidazole rings is 1. The summed E-state index contributed by atoms with van der Waals surface area (Å²) in [4.78, 5) is 18.3. The quantitative estimate of drug-likeness (QED) is 0.581. The molecule has 0 bridgehead atoms. The van der Waals surface area contributed by atoms with Gasteiger partial charge >= 0.3 is 5.63 Å². The number of hydrogen-bond acceptors (Lipinski definition) is 3. The number of fused-ring (bicyclic) bond motifs is 3. The summed E-state index contributed by atoms with van der Waals surface area (Å²) < 4.78 is 5.02. The minimum absolute atomic E-state index is 0.347. The lowest BCUT2D eigenvalue weighted by Crippen LogP contribution is -1.98. The predicted molar refractivity (Wildman–Crippen MR) is 52.1 cm³/mol. The Morgan fingerprint density at radius 1 is 1.21 bits per heavy atom. The zero-order valence-electron chi connectivity index (χ0n) is 7.15. The Hall–Kier alpha value is -2.10. The molecule has 0 spiro atoms. The van der Waals surface area contributed by atoms with Crippen LogP contribution in [-0.2, 0) is 0 Å². The van der Waals surface area contributed by atoms with Crippen LogP contribution in [0.15, 0.2) is 39.8 Å². The van der Waals surface area contributed by atoms with Crippen LogP contribution in [0.25, 0.3) is 22.0 Å². The Balaban J connectivity index is 2.74. The highest BCUT2D eigenvalue weighted by molar-refractivity contribution is 6.00. The maximum absolute atomic E-state index is 11.5. The molecule has 0 fully saturated rings. The van der Waals surface area contributed by atoms with E-state index in [1.165, 1.54) is 6.33 Å². The van der Waals surface area contributed by atoms with Gasteiger partial charge in [-0.2, -0.15) is 0 Å². The van der Waals surface area contributed by atoms with Crippen molar-refractivity contribution in [1.82, 2.24) is 9.97 Å².